The molecule has 2 heterocycles. The zero-order chi connectivity index (χ0) is 24.8. The fourth-order valence-electron chi connectivity index (χ4n) is 5.41. The molecular weight excluding hydrogens is 452 g/mol. The molecule has 37 heavy (non-hydrogen) atoms. The van der Waals surface area contributed by atoms with Gasteiger partial charge in [0.25, 0.3) is 0 Å². The molecule has 0 aliphatic carbocycles. The largest absolute Gasteiger partial charge is 0.436 e. The van der Waals surface area contributed by atoms with E-state index in [1.165, 1.54) is 44.2 Å². The topological polar surface area (TPSA) is 31.0 Å². The first kappa shape index (κ1) is 21.6. The van der Waals surface area contributed by atoms with Gasteiger partial charge >= 0.3 is 0 Å². The standard InChI is InChI=1S/C34H26N2O/c1-2-9-24-10-8-14-30-33(24)37-34(35-30)25-18-16-23(17-19-25)26-20-21-32-29(22-26)28-13-6-7-15-31(28)36(32)27-11-4-3-5-12-27/h3-8,10-22H,2,9H2,1H3. The third-order valence-electron chi connectivity index (χ3n) is 7.17. The first-order chi connectivity index (χ1) is 18.3. The number of hydrogen-bond donors (Lipinski definition) is 0. The molecule has 0 unspecified atom stereocenters. The monoisotopic (exact) mass is 478 g/mol. The van der Waals surface area contributed by atoms with Crippen molar-refractivity contribution < 1.29 is 4.42 Å². The van der Waals surface area contributed by atoms with Crippen LogP contribution in [-0.4, -0.2) is 9.55 Å². The summed E-state index contributed by atoms with van der Waals surface area (Å²) in [7, 11) is 0. The predicted molar refractivity (Wildman–Crippen MR) is 153 cm³/mol. The van der Waals surface area contributed by atoms with Gasteiger partial charge in [-0.3, -0.25) is 0 Å². The Morgan fingerprint density at radius 1 is 0.649 bits per heavy atom. The second kappa shape index (κ2) is 8.79. The van der Waals surface area contributed by atoms with E-state index in [-0.39, 0.29) is 0 Å². The summed E-state index contributed by atoms with van der Waals surface area (Å²) >= 11 is 0. The molecular formula is C34H26N2O. The molecule has 3 nitrogen and oxygen atoms in total. The van der Waals surface area contributed by atoms with Gasteiger partial charge in [0.2, 0.25) is 5.89 Å². The van der Waals surface area contributed by atoms with Crippen LogP contribution in [0.3, 0.4) is 0 Å². The quantitative estimate of drug-likeness (QED) is 0.247. The highest BCUT2D eigenvalue weighted by molar-refractivity contribution is 6.10. The highest BCUT2D eigenvalue weighted by Gasteiger charge is 2.14. The van der Waals surface area contributed by atoms with Crippen molar-refractivity contribution in [3.63, 3.8) is 0 Å². The highest BCUT2D eigenvalue weighted by atomic mass is 16.3. The van der Waals surface area contributed by atoms with Gasteiger partial charge < -0.3 is 8.98 Å². The Bertz CT molecular complexity index is 1880. The van der Waals surface area contributed by atoms with Gasteiger partial charge in [-0.1, -0.05) is 80.1 Å². The molecule has 7 aromatic rings. The maximum atomic E-state index is 6.22. The fourth-order valence-corrected chi connectivity index (χ4v) is 5.41. The lowest BCUT2D eigenvalue weighted by Gasteiger charge is -2.08. The number of aryl methyl sites for hydroxylation is 1. The lowest BCUT2D eigenvalue weighted by molar-refractivity contribution is 0.614. The minimum Gasteiger partial charge on any atom is -0.436 e. The van der Waals surface area contributed by atoms with Crippen molar-refractivity contribution >= 4 is 32.9 Å². The van der Waals surface area contributed by atoms with E-state index in [0.717, 1.165) is 29.5 Å². The average molecular weight is 479 g/mol. The van der Waals surface area contributed by atoms with Crippen molar-refractivity contribution in [1.82, 2.24) is 9.55 Å². The summed E-state index contributed by atoms with van der Waals surface area (Å²) < 4.78 is 8.56. The molecule has 0 saturated heterocycles. The van der Waals surface area contributed by atoms with E-state index in [0.29, 0.717) is 5.89 Å². The first-order valence-corrected chi connectivity index (χ1v) is 12.9. The van der Waals surface area contributed by atoms with E-state index in [1.54, 1.807) is 0 Å². The number of aromatic nitrogens is 2. The predicted octanol–water partition coefficient (Wildman–Crippen LogP) is 9.21. The summed E-state index contributed by atoms with van der Waals surface area (Å²) in [6, 6.07) is 40.7. The number of hydrogen-bond acceptors (Lipinski definition) is 2. The van der Waals surface area contributed by atoms with Crippen LogP contribution in [0, 0.1) is 0 Å². The van der Waals surface area contributed by atoms with Crippen molar-refractivity contribution in [2.45, 2.75) is 19.8 Å². The highest BCUT2D eigenvalue weighted by Crippen LogP contribution is 2.35. The van der Waals surface area contributed by atoms with Crippen LogP contribution >= 0.6 is 0 Å². The molecule has 0 saturated carbocycles. The minimum absolute atomic E-state index is 0.673. The smallest absolute Gasteiger partial charge is 0.227 e. The van der Waals surface area contributed by atoms with E-state index in [9.17, 15) is 0 Å². The Labute approximate surface area is 215 Å². The summed E-state index contributed by atoms with van der Waals surface area (Å²) in [5, 5.41) is 2.51. The van der Waals surface area contributed by atoms with E-state index in [2.05, 4.69) is 121 Å². The van der Waals surface area contributed by atoms with Crippen LogP contribution in [0.15, 0.2) is 120 Å². The molecule has 5 aromatic carbocycles. The summed E-state index contributed by atoms with van der Waals surface area (Å²) in [5.74, 6) is 0.673. The van der Waals surface area contributed by atoms with E-state index >= 15 is 0 Å². The fraction of sp³-hybridized carbons (Fsp3) is 0.0882. The minimum atomic E-state index is 0.673. The molecule has 2 aromatic heterocycles. The summed E-state index contributed by atoms with van der Waals surface area (Å²) in [4.78, 5) is 4.77. The van der Waals surface area contributed by atoms with Crippen LogP contribution in [0.2, 0.25) is 0 Å². The number of para-hydroxylation sites is 3. The van der Waals surface area contributed by atoms with Gasteiger partial charge in [0.05, 0.1) is 11.0 Å². The van der Waals surface area contributed by atoms with E-state index in [4.69, 9.17) is 9.40 Å². The molecule has 0 aliphatic heterocycles. The number of rotatable bonds is 5. The zero-order valence-corrected chi connectivity index (χ0v) is 20.7. The van der Waals surface area contributed by atoms with Crippen LogP contribution in [0.5, 0.6) is 0 Å². The maximum absolute atomic E-state index is 6.22. The SMILES string of the molecule is CCCc1cccc2nc(-c3ccc(-c4ccc5c(c4)c4ccccc4n5-c4ccccc4)cc3)oc12. The molecule has 0 atom stereocenters. The van der Waals surface area contributed by atoms with Crippen LogP contribution in [0.25, 0.3) is 61.2 Å². The Kier molecular flexibility index (Phi) is 5.14. The van der Waals surface area contributed by atoms with Crippen LogP contribution in [0.4, 0.5) is 0 Å². The molecule has 178 valence electrons. The van der Waals surface area contributed by atoms with Gasteiger partial charge in [-0.2, -0.15) is 0 Å². The number of oxazole rings is 1. The van der Waals surface area contributed by atoms with Gasteiger partial charge in [0, 0.05) is 22.0 Å². The third-order valence-corrected chi connectivity index (χ3v) is 7.17. The summed E-state index contributed by atoms with van der Waals surface area (Å²) in [5.41, 5.74) is 10.0. The molecule has 0 amide bonds. The Hall–Kier alpha value is -4.63. The van der Waals surface area contributed by atoms with Gasteiger partial charge in [0.1, 0.15) is 5.52 Å². The number of fused-ring (bicyclic) bond motifs is 4. The van der Waals surface area contributed by atoms with Crippen molar-refractivity contribution in [2.75, 3.05) is 0 Å². The Balaban J connectivity index is 1.30. The molecule has 0 N–H and O–H groups in total. The van der Waals surface area contributed by atoms with Crippen molar-refractivity contribution in [3.05, 3.63) is 121 Å². The molecule has 0 fully saturated rings. The van der Waals surface area contributed by atoms with Gasteiger partial charge in [-0.25, -0.2) is 4.98 Å². The first-order valence-electron chi connectivity index (χ1n) is 12.9. The van der Waals surface area contributed by atoms with Gasteiger partial charge in [-0.15, -0.1) is 0 Å². The van der Waals surface area contributed by atoms with Crippen molar-refractivity contribution in [1.29, 1.82) is 0 Å². The molecule has 3 heteroatoms. The van der Waals surface area contributed by atoms with Gasteiger partial charge in [0.15, 0.2) is 5.58 Å². The summed E-state index contributed by atoms with van der Waals surface area (Å²) in [6.45, 7) is 2.19. The molecule has 0 bridgehead atoms. The molecule has 0 aliphatic rings. The average Bonchev–Trinajstić information content (AvgIpc) is 3.54. The Morgan fingerprint density at radius 2 is 1.38 bits per heavy atom. The molecule has 0 radical (unpaired) electrons. The van der Waals surface area contributed by atoms with E-state index in [1.807, 2.05) is 6.07 Å². The molecule has 7 rings (SSSR count). The normalized spacial score (nSPS) is 11.6. The summed E-state index contributed by atoms with van der Waals surface area (Å²) in [6.07, 6.45) is 2.08. The second-order valence-electron chi connectivity index (χ2n) is 9.53. The second-order valence-corrected chi connectivity index (χ2v) is 9.53. The number of benzene rings is 5. The zero-order valence-electron chi connectivity index (χ0n) is 20.7. The molecule has 0 spiro atoms. The van der Waals surface area contributed by atoms with Crippen LogP contribution in [-0.2, 0) is 6.42 Å². The third kappa shape index (κ3) is 3.63. The van der Waals surface area contributed by atoms with Crippen molar-refractivity contribution in [3.8, 4) is 28.3 Å². The van der Waals surface area contributed by atoms with Crippen LogP contribution in [0.1, 0.15) is 18.9 Å². The van der Waals surface area contributed by atoms with Gasteiger partial charge in [-0.05, 0) is 71.6 Å². The van der Waals surface area contributed by atoms with E-state index < -0.39 is 0 Å². The Morgan fingerprint density at radius 3 is 2.22 bits per heavy atom. The number of nitrogens with zero attached hydrogens (tertiary/aromatic N) is 2. The lowest BCUT2D eigenvalue weighted by atomic mass is 10.0. The van der Waals surface area contributed by atoms with Crippen molar-refractivity contribution in [2.24, 2.45) is 0 Å². The lowest BCUT2D eigenvalue weighted by Crippen LogP contribution is -1.92. The maximum Gasteiger partial charge on any atom is 0.227 e. The van der Waals surface area contributed by atoms with Crippen LogP contribution < -0.4 is 0 Å².